The molecule has 0 atom stereocenters. The first-order valence-corrected chi connectivity index (χ1v) is 10.1. The van der Waals surface area contributed by atoms with Crippen molar-refractivity contribution in [3.63, 3.8) is 0 Å². The summed E-state index contributed by atoms with van der Waals surface area (Å²) in [5, 5.41) is 11.8. The monoisotopic (exact) mass is 416 g/mol. The number of aryl methyl sites for hydroxylation is 1. The molecule has 4 N–H and O–H groups in total. The summed E-state index contributed by atoms with van der Waals surface area (Å²) < 4.78 is 14.4. The quantitative estimate of drug-likeness (QED) is 0.290. The largest absolute Gasteiger partial charge is 0.477 e. The van der Waals surface area contributed by atoms with Crippen molar-refractivity contribution in [2.24, 2.45) is 0 Å². The number of aromatic amines is 3. The van der Waals surface area contributed by atoms with Crippen LogP contribution in [-0.2, 0) is 0 Å². The molecule has 0 unspecified atom stereocenters. The number of carbonyl (C=O) groups is 1. The van der Waals surface area contributed by atoms with Crippen LogP contribution >= 0.6 is 0 Å². The molecule has 0 saturated carbocycles. The van der Waals surface area contributed by atoms with Gasteiger partial charge in [-0.1, -0.05) is 13.8 Å². The van der Waals surface area contributed by atoms with E-state index in [1.165, 1.54) is 12.1 Å². The zero-order valence-electron chi connectivity index (χ0n) is 17.3. The Kier molecular flexibility index (Phi) is 4.22. The smallest absolute Gasteiger partial charge is 0.352 e. The highest BCUT2D eigenvalue weighted by Crippen LogP contribution is 2.44. The van der Waals surface area contributed by atoms with Crippen molar-refractivity contribution in [2.75, 3.05) is 0 Å². The minimum atomic E-state index is -1.07. The zero-order valence-corrected chi connectivity index (χ0v) is 17.3. The molecular weight excluding hydrogens is 395 g/mol. The van der Waals surface area contributed by atoms with Gasteiger partial charge < -0.3 is 20.1 Å². The molecule has 7 heteroatoms. The average Bonchev–Trinajstić information content (AvgIpc) is 3.43. The van der Waals surface area contributed by atoms with Gasteiger partial charge in [0.05, 0.1) is 5.69 Å². The maximum absolute atomic E-state index is 14.4. The van der Waals surface area contributed by atoms with Crippen LogP contribution in [-0.4, -0.2) is 31.0 Å². The van der Waals surface area contributed by atoms with Crippen molar-refractivity contribution in [3.05, 3.63) is 65.5 Å². The first-order chi connectivity index (χ1) is 14.9. The Morgan fingerprint density at radius 2 is 1.97 bits per heavy atom. The number of hydrogen-bond acceptors (Lipinski definition) is 2. The molecule has 0 saturated heterocycles. The average molecular weight is 416 g/mol. The van der Waals surface area contributed by atoms with Crippen LogP contribution in [0.25, 0.3) is 44.3 Å². The molecule has 0 aliphatic carbocycles. The number of fused-ring (bicyclic) bond motifs is 2. The van der Waals surface area contributed by atoms with E-state index in [1.807, 2.05) is 39.1 Å². The standard InChI is InChI=1S/C24H21FN4O2/c1-11(2)18-20(15-5-7-27-23-19(15)12(3)10-28-23)22(24(30)31)29-21(18)16-8-13(25)9-17-14(16)4-6-26-17/h4-11,26,29H,1-3H3,(H,27,28)(H,30,31). The lowest BCUT2D eigenvalue weighted by atomic mass is 9.89. The molecule has 0 fully saturated rings. The number of halogens is 1. The van der Waals surface area contributed by atoms with E-state index < -0.39 is 5.97 Å². The number of benzene rings is 1. The minimum Gasteiger partial charge on any atom is -0.477 e. The number of rotatable bonds is 4. The fourth-order valence-corrected chi connectivity index (χ4v) is 4.51. The Morgan fingerprint density at radius 1 is 1.16 bits per heavy atom. The van der Waals surface area contributed by atoms with E-state index >= 15 is 0 Å². The number of hydrogen-bond donors (Lipinski definition) is 4. The minimum absolute atomic E-state index is 0.0194. The summed E-state index contributed by atoms with van der Waals surface area (Å²) >= 11 is 0. The molecule has 0 spiro atoms. The van der Waals surface area contributed by atoms with Gasteiger partial charge in [0.15, 0.2) is 0 Å². The molecule has 4 heterocycles. The third-order valence-electron chi connectivity index (χ3n) is 5.77. The summed E-state index contributed by atoms with van der Waals surface area (Å²) in [6.07, 6.45) is 5.28. The molecule has 0 aliphatic heterocycles. The number of carboxylic acid groups (broad SMARTS) is 1. The number of nitrogens with one attached hydrogen (secondary N) is 3. The first kappa shape index (κ1) is 19.1. The second kappa shape index (κ2) is 6.84. The number of aromatic carboxylic acids is 1. The van der Waals surface area contributed by atoms with Crippen molar-refractivity contribution >= 4 is 27.9 Å². The van der Waals surface area contributed by atoms with Gasteiger partial charge in [0, 0.05) is 46.0 Å². The molecule has 5 rings (SSSR count). The van der Waals surface area contributed by atoms with Crippen molar-refractivity contribution in [3.8, 4) is 22.4 Å². The maximum Gasteiger partial charge on any atom is 0.352 e. The van der Waals surface area contributed by atoms with Gasteiger partial charge in [-0.05, 0) is 53.8 Å². The summed E-state index contributed by atoms with van der Waals surface area (Å²) in [5.74, 6) is -1.47. The number of carboxylic acids is 1. The Morgan fingerprint density at radius 3 is 2.71 bits per heavy atom. The number of H-pyrrole nitrogens is 3. The molecule has 0 bridgehead atoms. The van der Waals surface area contributed by atoms with Crippen molar-refractivity contribution in [1.82, 2.24) is 19.9 Å². The van der Waals surface area contributed by atoms with Crippen LogP contribution in [0.15, 0.2) is 42.9 Å². The van der Waals surface area contributed by atoms with Crippen molar-refractivity contribution < 1.29 is 14.3 Å². The van der Waals surface area contributed by atoms with Gasteiger partial charge in [0.1, 0.15) is 17.2 Å². The third kappa shape index (κ3) is 2.84. The van der Waals surface area contributed by atoms with E-state index in [4.69, 9.17) is 0 Å². The van der Waals surface area contributed by atoms with Crippen LogP contribution in [0.1, 0.15) is 41.4 Å². The normalized spacial score (nSPS) is 11.8. The maximum atomic E-state index is 14.4. The molecule has 4 aromatic heterocycles. The lowest BCUT2D eigenvalue weighted by Gasteiger charge is -2.14. The summed E-state index contributed by atoms with van der Waals surface area (Å²) in [7, 11) is 0. The fraction of sp³-hybridized carbons (Fsp3) is 0.167. The summed E-state index contributed by atoms with van der Waals surface area (Å²) in [4.78, 5) is 26.0. The van der Waals surface area contributed by atoms with E-state index in [-0.39, 0.29) is 17.4 Å². The summed E-state index contributed by atoms with van der Waals surface area (Å²) in [6.45, 7) is 5.98. The predicted octanol–water partition coefficient (Wildman–Crippen LogP) is 5.98. The molecular formula is C24H21FN4O2. The molecule has 0 radical (unpaired) electrons. The molecule has 0 aliphatic rings. The summed E-state index contributed by atoms with van der Waals surface area (Å²) in [6, 6.07) is 6.60. The van der Waals surface area contributed by atoms with Gasteiger partial charge >= 0.3 is 5.97 Å². The third-order valence-corrected chi connectivity index (χ3v) is 5.77. The highest BCUT2D eigenvalue weighted by Gasteiger charge is 2.28. The van der Waals surface area contributed by atoms with Crippen molar-refractivity contribution in [2.45, 2.75) is 26.7 Å². The number of pyridine rings is 1. The van der Waals surface area contributed by atoms with Gasteiger partial charge in [-0.25, -0.2) is 14.2 Å². The van der Waals surface area contributed by atoms with Gasteiger partial charge in [0.25, 0.3) is 0 Å². The van der Waals surface area contributed by atoms with Crippen LogP contribution in [0.5, 0.6) is 0 Å². The zero-order chi connectivity index (χ0) is 21.9. The van der Waals surface area contributed by atoms with Crippen LogP contribution in [0.4, 0.5) is 4.39 Å². The van der Waals surface area contributed by atoms with Gasteiger partial charge in [0.2, 0.25) is 0 Å². The molecule has 0 amide bonds. The van der Waals surface area contributed by atoms with E-state index in [1.54, 1.807) is 12.4 Å². The molecule has 1 aromatic carbocycles. The SMILES string of the molecule is Cc1c[nH]c2nccc(-c3c(C(=O)O)[nH]c(-c4cc(F)cc5[nH]ccc45)c3C(C)C)c12. The topological polar surface area (TPSA) is 97.6 Å². The van der Waals surface area contributed by atoms with E-state index in [2.05, 4.69) is 19.9 Å². The molecule has 156 valence electrons. The van der Waals surface area contributed by atoms with E-state index in [0.29, 0.717) is 28.0 Å². The van der Waals surface area contributed by atoms with E-state index in [9.17, 15) is 14.3 Å². The summed E-state index contributed by atoms with van der Waals surface area (Å²) in [5.41, 5.74) is 5.89. The highest BCUT2D eigenvalue weighted by molar-refractivity contribution is 6.07. The lowest BCUT2D eigenvalue weighted by molar-refractivity contribution is 0.0692. The first-order valence-electron chi connectivity index (χ1n) is 10.1. The number of aromatic nitrogens is 4. The van der Waals surface area contributed by atoms with Crippen LogP contribution in [0.2, 0.25) is 0 Å². The van der Waals surface area contributed by atoms with Crippen LogP contribution in [0, 0.1) is 12.7 Å². The molecule has 31 heavy (non-hydrogen) atoms. The van der Waals surface area contributed by atoms with Gasteiger partial charge in [-0.2, -0.15) is 0 Å². The Labute approximate surface area is 177 Å². The lowest BCUT2D eigenvalue weighted by Crippen LogP contribution is -2.00. The van der Waals surface area contributed by atoms with E-state index in [0.717, 1.165) is 27.5 Å². The number of nitrogens with zero attached hydrogens (tertiary/aromatic N) is 1. The Hall–Kier alpha value is -3.87. The predicted molar refractivity (Wildman–Crippen MR) is 119 cm³/mol. The Bertz CT molecular complexity index is 1470. The van der Waals surface area contributed by atoms with Gasteiger partial charge in [-0.15, -0.1) is 0 Å². The molecule has 6 nitrogen and oxygen atoms in total. The van der Waals surface area contributed by atoms with Crippen LogP contribution < -0.4 is 0 Å². The van der Waals surface area contributed by atoms with Crippen LogP contribution in [0.3, 0.4) is 0 Å². The Balaban J connectivity index is 1.92. The second-order valence-electron chi connectivity index (χ2n) is 8.07. The highest BCUT2D eigenvalue weighted by atomic mass is 19.1. The molecule has 5 aromatic rings. The van der Waals surface area contributed by atoms with Crippen molar-refractivity contribution in [1.29, 1.82) is 0 Å². The second-order valence-corrected chi connectivity index (χ2v) is 8.07. The van der Waals surface area contributed by atoms with Gasteiger partial charge in [-0.3, -0.25) is 0 Å². The fourth-order valence-electron chi connectivity index (χ4n) is 4.51.